The van der Waals surface area contributed by atoms with Crippen LogP contribution in [0.15, 0.2) is 53.4 Å². The minimum Gasteiger partial charge on any atom is -0.465 e. The number of fused-ring (bicyclic) bond motifs is 1. The summed E-state index contributed by atoms with van der Waals surface area (Å²) in [6.45, 7) is 4.74. The van der Waals surface area contributed by atoms with Gasteiger partial charge in [-0.2, -0.15) is 4.31 Å². The van der Waals surface area contributed by atoms with Crippen LogP contribution < -0.4 is 5.32 Å². The molecule has 39 heavy (non-hydrogen) atoms. The summed E-state index contributed by atoms with van der Waals surface area (Å²) < 4.78 is 32.5. The van der Waals surface area contributed by atoms with E-state index in [2.05, 4.69) is 10.2 Å². The molecule has 1 amide bonds. The third kappa shape index (κ3) is 5.94. The summed E-state index contributed by atoms with van der Waals surface area (Å²) in [7, 11) is -2.13. The van der Waals surface area contributed by atoms with Gasteiger partial charge in [-0.15, -0.1) is 11.3 Å². The number of benzene rings is 2. The van der Waals surface area contributed by atoms with Gasteiger partial charge in [0.05, 0.1) is 17.6 Å². The molecule has 0 bridgehead atoms. The third-order valence-electron chi connectivity index (χ3n) is 7.40. The number of anilines is 1. The van der Waals surface area contributed by atoms with Crippen molar-refractivity contribution in [2.24, 2.45) is 0 Å². The number of hydrogen-bond donors (Lipinski definition) is 1. The predicted molar refractivity (Wildman–Crippen MR) is 152 cm³/mol. The molecule has 1 saturated heterocycles. The lowest BCUT2D eigenvalue weighted by molar-refractivity contribution is 0.0601. The van der Waals surface area contributed by atoms with Crippen LogP contribution in [0.3, 0.4) is 0 Å². The van der Waals surface area contributed by atoms with Gasteiger partial charge >= 0.3 is 5.97 Å². The molecular formula is C29H33N3O5S2. The quantitative estimate of drug-likeness (QED) is 0.423. The Hall–Kier alpha value is -3.05. The van der Waals surface area contributed by atoms with Crippen LogP contribution in [0.2, 0.25) is 0 Å². The Morgan fingerprint density at radius 1 is 0.949 bits per heavy atom. The number of piperazine rings is 1. The third-order valence-corrected chi connectivity index (χ3v) is 10.5. The Balaban J connectivity index is 1.19. The van der Waals surface area contributed by atoms with Crippen molar-refractivity contribution in [1.82, 2.24) is 9.21 Å². The highest BCUT2D eigenvalue weighted by molar-refractivity contribution is 7.89. The number of carbonyl (C=O) groups is 2. The Morgan fingerprint density at radius 3 is 2.28 bits per heavy atom. The maximum atomic E-state index is 13.0. The Labute approximate surface area is 233 Å². The van der Waals surface area contributed by atoms with E-state index in [-0.39, 0.29) is 5.91 Å². The number of amides is 1. The normalized spacial score (nSPS) is 16.5. The molecule has 1 aromatic heterocycles. The largest absolute Gasteiger partial charge is 0.465 e. The average Bonchev–Trinajstić information content (AvgIpc) is 3.31. The summed E-state index contributed by atoms with van der Waals surface area (Å²) in [6.07, 6.45) is 3.86. The highest BCUT2D eigenvalue weighted by Gasteiger charge is 2.29. The molecule has 0 saturated carbocycles. The summed E-state index contributed by atoms with van der Waals surface area (Å²) in [5.41, 5.74) is 4.08. The number of aryl methyl sites for hydroxylation is 2. The number of methoxy groups -OCH3 is 1. The molecule has 1 fully saturated rings. The van der Waals surface area contributed by atoms with Gasteiger partial charge in [0.2, 0.25) is 10.0 Å². The van der Waals surface area contributed by atoms with E-state index in [0.717, 1.165) is 47.3 Å². The molecule has 8 nitrogen and oxygen atoms in total. The number of esters is 1. The lowest BCUT2D eigenvalue weighted by atomic mass is 9.95. The molecule has 0 unspecified atom stereocenters. The molecule has 5 rings (SSSR count). The van der Waals surface area contributed by atoms with E-state index in [4.69, 9.17) is 4.74 Å². The van der Waals surface area contributed by atoms with Crippen LogP contribution in [-0.2, 0) is 34.1 Å². The van der Waals surface area contributed by atoms with Crippen molar-refractivity contribution < 1.29 is 22.7 Å². The van der Waals surface area contributed by atoms with E-state index in [0.29, 0.717) is 53.7 Å². The zero-order valence-corrected chi connectivity index (χ0v) is 23.9. The van der Waals surface area contributed by atoms with E-state index in [1.165, 1.54) is 18.4 Å². The van der Waals surface area contributed by atoms with Crippen molar-refractivity contribution in [2.45, 2.75) is 44.0 Å². The number of hydrogen-bond acceptors (Lipinski definition) is 7. The summed E-state index contributed by atoms with van der Waals surface area (Å²) in [5.74, 6) is -0.674. The van der Waals surface area contributed by atoms with E-state index in [1.54, 1.807) is 28.6 Å². The van der Waals surface area contributed by atoms with Gasteiger partial charge in [0, 0.05) is 43.2 Å². The monoisotopic (exact) mass is 567 g/mol. The minimum atomic E-state index is -3.49. The lowest BCUT2D eigenvalue weighted by Gasteiger charge is -2.34. The van der Waals surface area contributed by atoms with Gasteiger partial charge in [-0.3, -0.25) is 9.69 Å². The number of thiophene rings is 1. The van der Waals surface area contributed by atoms with Crippen molar-refractivity contribution in [1.29, 1.82) is 0 Å². The van der Waals surface area contributed by atoms with Gasteiger partial charge in [-0.05, 0) is 68.0 Å². The number of carbonyl (C=O) groups excluding carboxylic acids is 2. The first-order valence-corrected chi connectivity index (χ1v) is 15.4. The Bertz CT molecular complexity index is 1460. The van der Waals surface area contributed by atoms with Crippen LogP contribution in [0.1, 0.15) is 55.1 Å². The molecule has 0 spiro atoms. The van der Waals surface area contributed by atoms with Crippen LogP contribution in [0.4, 0.5) is 5.00 Å². The second-order valence-corrected chi connectivity index (χ2v) is 13.1. The maximum Gasteiger partial charge on any atom is 0.341 e. The van der Waals surface area contributed by atoms with Crippen LogP contribution in [0, 0.1) is 6.92 Å². The van der Waals surface area contributed by atoms with Gasteiger partial charge < -0.3 is 10.1 Å². The number of sulfonamides is 1. The summed E-state index contributed by atoms with van der Waals surface area (Å²) >= 11 is 1.47. The molecule has 0 atom stereocenters. The van der Waals surface area contributed by atoms with Crippen molar-refractivity contribution in [3.05, 3.63) is 81.2 Å². The van der Waals surface area contributed by atoms with Gasteiger partial charge in [0.1, 0.15) is 5.00 Å². The second kappa shape index (κ2) is 11.6. The maximum absolute atomic E-state index is 13.0. The first kappa shape index (κ1) is 27.5. The summed E-state index contributed by atoms with van der Waals surface area (Å²) in [6, 6.07) is 14.4. The first-order chi connectivity index (χ1) is 18.8. The molecule has 2 heterocycles. The molecule has 1 aliphatic heterocycles. The molecule has 3 aromatic rings. The SMILES string of the molecule is COC(=O)c1c(NC(=O)c2ccc(CN3CCN(S(=O)(=O)c4ccc(C)cc4)CC3)cc2)sc2c1CCCC2. The highest BCUT2D eigenvalue weighted by Crippen LogP contribution is 2.38. The van der Waals surface area contributed by atoms with Crippen molar-refractivity contribution >= 4 is 38.2 Å². The van der Waals surface area contributed by atoms with Crippen molar-refractivity contribution in [2.75, 3.05) is 38.6 Å². The second-order valence-electron chi connectivity index (χ2n) is 10.1. The molecular weight excluding hydrogens is 534 g/mol. The van der Waals surface area contributed by atoms with Gasteiger partial charge in [-0.25, -0.2) is 13.2 Å². The van der Waals surface area contributed by atoms with E-state index < -0.39 is 16.0 Å². The number of nitrogens with one attached hydrogen (secondary N) is 1. The van der Waals surface area contributed by atoms with E-state index >= 15 is 0 Å². The van der Waals surface area contributed by atoms with Crippen LogP contribution in [0.25, 0.3) is 0 Å². The fraction of sp³-hybridized carbons (Fsp3) is 0.379. The topological polar surface area (TPSA) is 96.0 Å². The molecule has 2 aliphatic rings. The minimum absolute atomic E-state index is 0.264. The molecule has 1 aliphatic carbocycles. The number of rotatable bonds is 7. The van der Waals surface area contributed by atoms with Crippen molar-refractivity contribution in [3.63, 3.8) is 0 Å². The van der Waals surface area contributed by atoms with Crippen LogP contribution in [0.5, 0.6) is 0 Å². The standard InChI is InChI=1S/C29H33N3O5S2/c1-20-7-13-23(14-8-20)39(35,36)32-17-15-31(16-18-32)19-21-9-11-22(12-10-21)27(33)30-28-26(29(34)37-2)24-5-3-4-6-25(24)38-28/h7-14H,3-6,15-19H2,1-2H3,(H,30,33). The summed E-state index contributed by atoms with van der Waals surface area (Å²) in [4.78, 5) is 29.2. The van der Waals surface area contributed by atoms with Crippen LogP contribution in [-0.4, -0.2) is 62.8 Å². The number of ether oxygens (including phenoxy) is 1. The molecule has 0 radical (unpaired) electrons. The highest BCUT2D eigenvalue weighted by atomic mass is 32.2. The first-order valence-electron chi connectivity index (χ1n) is 13.2. The van der Waals surface area contributed by atoms with Gasteiger partial charge in [0.25, 0.3) is 5.91 Å². The van der Waals surface area contributed by atoms with Gasteiger partial charge in [0.15, 0.2) is 0 Å². The smallest absolute Gasteiger partial charge is 0.341 e. The molecule has 206 valence electrons. The van der Waals surface area contributed by atoms with Gasteiger partial charge in [-0.1, -0.05) is 29.8 Å². The zero-order chi connectivity index (χ0) is 27.6. The van der Waals surface area contributed by atoms with Crippen LogP contribution >= 0.6 is 11.3 Å². The lowest BCUT2D eigenvalue weighted by Crippen LogP contribution is -2.48. The Morgan fingerprint density at radius 2 is 1.62 bits per heavy atom. The zero-order valence-electron chi connectivity index (χ0n) is 22.2. The fourth-order valence-electron chi connectivity index (χ4n) is 5.15. The van der Waals surface area contributed by atoms with Crippen molar-refractivity contribution in [3.8, 4) is 0 Å². The summed E-state index contributed by atoms with van der Waals surface area (Å²) in [5, 5.41) is 3.50. The average molecular weight is 568 g/mol. The molecule has 1 N–H and O–H groups in total. The Kier molecular flexibility index (Phi) is 8.18. The van der Waals surface area contributed by atoms with E-state index in [1.807, 2.05) is 31.2 Å². The number of nitrogens with zero attached hydrogens (tertiary/aromatic N) is 2. The molecule has 10 heteroatoms. The molecule has 2 aromatic carbocycles. The fourth-order valence-corrected chi connectivity index (χ4v) is 7.85. The van der Waals surface area contributed by atoms with E-state index in [9.17, 15) is 18.0 Å². The predicted octanol–water partition coefficient (Wildman–Crippen LogP) is 4.48.